The van der Waals surface area contributed by atoms with Gasteiger partial charge in [0.1, 0.15) is 13.6 Å². The van der Waals surface area contributed by atoms with Gasteiger partial charge in [-0.15, -0.1) is 0 Å². The van der Waals surface area contributed by atoms with Gasteiger partial charge in [0.05, 0.1) is 0 Å². The lowest BCUT2D eigenvalue weighted by Gasteiger charge is -1.94. The van der Waals surface area contributed by atoms with Crippen LogP contribution in [0.3, 0.4) is 0 Å². The molecule has 0 aliphatic carbocycles. The highest BCUT2D eigenvalue weighted by Crippen LogP contribution is 2.12. The molecule has 1 N–H and O–H groups in total. The Hall–Kier alpha value is -0.625. The van der Waals surface area contributed by atoms with Crippen LogP contribution in [-0.2, 0) is 0 Å². The molecule has 0 aliphatic heterocycles. The van der Waals surface area contributed by atoms with Crippen LogP contribution in [0, 0.1) is 0 Å². The second-order valence-electron chi connectivity index (χ2n) is 1.74. The van der Waals surface area contributed by atoms with Crippen molar-refractivity contribution in [1.82, 2.24) is 0 Å². The van der Waals surface area contributed by atoms with Gasteiger partial charge >= 0.3 is 0 Å². The third kappa shape index (κ3) is 1.65. The zero-order chi connectivity index (χ0) is 6.85. The van der Waals surface area contributed by atoms with Crippen LogP contribution in [0.5, 0.6) is 5.75 Å². The van der Waals surface area contributed by atoms with E-state index in [2.05, 4.69) is 0 Å². The van der Waals surface area contributed by atoms with Crippen LogP contribution in [0.15, 0.2) is 18.2 Å². The van der Waals surface area contributed by atoms with E-state index in [1.165, 1.54) is 12.1 Å². The van der Waals surface area contributed by atoms with Crippen LogP contribution in [0.2, 0.25) is 5.02 Å². The minimum atomic E-state index is 0.0972. The molecule has 0 amide bonds. The van der Waals surface area contributed by atoms with Gasteiger partial charge in [0.2, 0.25) is 0 Å². The summed E-state index contributed by atoms with van der Waals surface area (Å²) in [6.45, 7) is 0. The van der Waals surface area contributed by atoms with E-state index < -0.39 is 0 Å². The van der Waals surface area contributed by atoms with Gasteiger partial charge in [0.25, 0.3) is 0 Å². The highest BCUT2D eigenvalue weighted by atomic mass is 35.5. The zero-order valence-corrected chi connectivity index (χ0v) is 5.39. The van der Waals surface area contributed by atoms with Crippen molar-refractivity contribution >= 4 is 24.9 Å². The van der Waals surface area contributed by atoms with E-state index in [1.54, 1.807) is 6.07 Å². The van der Waals surface area contributed by atoms with Crippen LogP contribution in [-0.4, -0.2) is 13.0 Å². The van der Waals surface area contributed by atoms with Crippen LogP contribution < -0.4 is 5.46 Å². The molecular formula is C6H4BClO. The Morgan fingerprint density at radius 2 is 2.00 bits per heavy atom. The number of phenols is 1. The molecule has 0 aromatic heterocycles. The van der Waals surface area contributed by atoms with Crippen LogP contribution >= 0.6 is 11.6 Å². The number of aromatic hydroxyl groups is 1. The average Bonchev–Trinajstić information content (AvgIpc) is 1.59. The highest BCUT2D eigenvalue weighted by molar-refractivity contribution is 6.36. The fourth-order valence-corrected chi connectivity index (χ4v) is 0.834. The van der Waals surface area contributed by atoms with Gasteiger partial charge in [-0.1, -0.05) is 23.1 Å². The molecule has 0 unspecified atom stereocenters. The smallest absolute Gasteiger partial charge is 0.116 e. The molecule has 44 valence electrons. The second-order valence-corrected chi connectivity index (χ2v) is 2.18. The predicted octanol–water partition coefficient (Wildman–Crippen LogP) is 0.839. The van der Waals surface area contributed by atoms with Crippen molar-refractivity contribution in [1.29, 1.82) is 0 Å². The standard InChI is InChI=1S/C6H4BClO/c7-4-1-5(8)3-6(9)2-4/h1-3,9H. The molecule has 0 fully saturated rings. The maximum atomic E-state index is 8.83. The van der Waals surface area contributed by atoms with E-state index in [0.29, 0.717) is 10.5 Å². The molecule has 3 heteroatoms. The number of halogens is 1. The summed E-state index contributed by atoms with van der Waals surface area (Å²) in [6.07, 6.45) is 0. The Labute approximate surface area is 59.7 Å². The summed E-state index contributed by atoms with van der Waals surface area (Å²) in [4.78, 5) is 0. The molecule has 0 saturated heterocycles. The first-order chi connectivity index (χ1) is 4.18. The van der Waals surface area contributed by atoms with Crippen molar-refractivity contribution in [2.45, 2.75) is 0 Å². The minimum absolute atomic E-state index is 0.0972. The van der Waals surface area contributed by atoms with Crippen LogP contribution in [0.4, 0.5) is 0 Å². The van der Waals surface area contributed by atoms with E-state index in [4.69, 9.17) is 24.6 Å². The molecule has 1 nitrogen and oxygen atoms in total. The van der Waals surface area contributed by atoms with Gasteiger partial charge in [-0.05, 0) is 12.1 Å². The summed E-state index contributed by atoms with van der Waals surface area (Å²) in [5.41, 5.74) is 0.472. The molecule has 0 atom stereocenters. The topological polar surface area (TPSA) is 20.2 Å². The third-order valence-electron chi connectivity index (χ3n) is 0.905. The Balaban J connectivity index is 3.17. The van der Waals surface area contributed by atoms with E-state index in [9.17, 15) is 0 Å². The Morgan fingerprint density at radius 1 is 1.33 bits per heavy atom. The maximum Gasteiger partial charge on any atom is 0.116 e. The van der Waals surface area contributed by atoms with E-state index >= 15 is 0 Å². The first-order valence-corrected chi connectivity index (χ1v) is 2.81. The van der Waals surface area contributed by atoms with Crippen LogP contribution in [0.25, 0.3) is 0 Å². The summed E-state index contributed by atoms with van der Waals surface area (Å²) in [5.74, 6) is 0.0972. The van der Waals surface area contributed by atoms with Crippen LogP contribution in [0.1, 0.15) is 0 Å². The largest absolute Gasteiger partial charge is 0.508 e. The van der Waals surface area contributed by atoms with Crippen molar-refractivity contribution in [3.05, 3.63) is 23.2 Å². The van der Waals surface area contributed by atoms with Crippen molar-refractivity contribution < 1.29 is 5.11 Å². The molecule has 0 heterocycles. The van der Waals surface area contributed by atoms with Gasteiger partial charge in [-0.2, -0.15) is 0 Å². The van der Waals surface area contributed by atoms with E-state index in [0.717, 1.165) is 0 Å². The average molecular weight is 138 g/mol. The van der Waals surface area contributed by atoms with Crippen molar-refractivity contribution in [3.63, 3.8) is 0 Å². The monoisotopic (exact) mass is 138 g/mol. The predicted molar refractivity (Wildman–Crippen MR) is 38.5 cm³/mol. The molecule has 0 saturated carbocycles. The molecular weight excluding hydrogens is 134 g/mol. The molecule has 1 aromatic carbocycles. The lowest BCUT2D eigenvalue weighted by atomic mass is 9.96. The maximum absolute atomic E-state index is 8.83. The molecule has 9 heavy (non-hydrogen) atoms. The fourth-order valence-electron chi connectivity index (χ4n) is 0.596. The lowest BCUT2D eigenvalue weighted by Crippen LogP contribution is -1.99. The second kappa shape index (κ2) is 2.32. The van der Waals surface area contributed by atoms with Crippen molar-refractivity contribution in [2.24, 2.45) is 0 Å². The van der Waals surface area contributed by atoms with Gasteiger partial charge in [-0.3, -0.25) is 0 Å². The quantitative estimate of drug-likeness (QED) is 0.527. The highest BCUT2D eigenvalue weighted by Gasteiger charge is 1.91. The normalized spacial score (nSPS) is 9.44. The Kier molecular flexibility index (Phi) is 1.67. The van der Waals surface area contributed by atoms with Gasteiger partial charge in [0.15, 0.2) is 0 Å². The van der Waals surface area contributed by atoms with Gasteiger partial charge in [-0.25, -0.2) is 0 Å². The first kappa shape index (κ1) is 6.49. The molecule has 0 bridgehead atoms. The number of rotatable bonds is 0. The van der Waals surface area contributed by atoms with E-state index in [-0.39, 0.29) is 5.75 Å². The molecule has 1 aromatic rings. The van der Waals surface area contributed by atoms with Crippen molar-refractivity contribution in [3.8, 4) is 5.75 Å². The Bertz CT molecular complexity index is 174. The lowest BCUT2D eigenvalue weighted by molar-refractivity contribution is 0.476. The van der Waals surface area contributed by atoms with Gasteiger partial charge < -0.3 is 5.11 Å². The molecule has 0 aliphatic rings. The summed E-state index contributed by atoms with van der Waals surface area (Å²) in [6, 6.07) is 4.44. The number of phenolic OH excluding ortho intramolecular Hbond substituents is 1. The summed E-state index contributed by atoms with van der Waals surface area (Å²) < 4.78 is 0. The van der Waals surface area contributed by atoms with Gasteiger partial charge in [0, 0.05) is 5.02 Å². The zero-order valence-electron chi connectivity index (χ0n) is 4.63. The summed E-state index contributed by atoms with van der Waals surface area (Å²) in [5, 5.41) is 9.28. The molecule has 0 spiro atoms. The van der Waals surface area contributed by atoms with Crippen molar-refractivity contribution in [2.75, 3.05) is 0 Å². The summed E-state index contributed by atoms with van der Waals surface area (Å²) in [7, 11) is 5.32. The molecule has 2 radical (unpaired) electrons. The first-order valence-electron chi connectivity index (χ1n) is 2.43. The minimum Gasteiger partial charge on any atom is -0.508 e. The number of hydrogen-bond acceptors (Lipinski definition) is 1. The molecule has 1 rings (SSSR count). The summed E-state index contributed by atoms with van der Waals surface area (Å²) >= 11 is 5.51. The number of hydrogen-bond donors (Lipinski definition) is 1. The van der Waals surface area contributed by atoms with E-state index in [1.807, 2.05) is 0 Å². The Morgan fingerprint density at radius 3 is 2.44 bits per heavy atom. The fraction of sp³-hybridized carbons (Fsp3) is 0. The number of benzene rings is 1. The third-order valence-corrected chi connectivity index (χ3v) is 1.12. The SMILES string of the molecule is [B]c1cc(O)cc(Cl)c1.